The lowest BCUT2D eigenvalue weighted by Crippen LogP contribution is -2.50. The maximum Gasteiger partial charge on any atom is 0.0888 e. The van der Waals surface area contributed by atoms with Crippen LogP contribution >= 0.6 is 0 Å². The summed E-state index contributed by atoms with van der Waals surface area (Å²) in [6.45, 7) is 6.63. The topological polar surface area (TPSA) is 47.3 Å². The van der Waals surface area contributed by atoms with Crippen molar-refractivity contribution in [3.8, 4) is 0 Å². The molecule has 1 saturated carbocycles. The van der Waals surface area contributed by atoms with Crippen LogP contribution in [0.4, 0.5) is 0 Å². The molecule has 3 heteroatoms. The Labute approximate surface area is 122 Å². The predicted molar refractivity (Wildman–Crippen MR) is 83.4 cm³/mol. The highest BCUT2D eigenvalue weighted by molar-refractivity contribution is 5.37. The largest absolute Gasteiger partial charge is 0.376 e. The van der Waals surface area contributed by atoms with Crippen LogP contribution in [0.25, 0.3) is 0 Å². The van der Waals surface area contributed by atoms with Crippen LogP contribution in [0.1, 0.15) is 55.3 Å². The molecule has 2 rings (SSSR count). The van der Waals surface area contributed by atoms with E-state index < -0.39 is 0 Å². The Hall–Kier alpha value is -0.900. The Balaban J connectivity index is 2.41. The van der Waals surface area contributed by atoms with Crippen molar-refractivity contribution in [2.24, 2.45) is 11.8 Å². The number of hydrazine groups is 1. The van der Waals surface area contributed by atoms with Crippen LogP contribution in [-0.2, 0) is 4.74 Å². The van der Waals surface area contributed by atoms with Crippen molar-refractivity contribution in [3.63, 3.8) is 0 Å². The maximum atomic E-state index is 6.01. The van der Waals surface area contributed by atoms with Crippen LogP contribution in [0.3, 0.4) is 0 Å². The number of benzene rings is 1. The third kappa shape index (κ3) is 2.76. The number of methoxy groups -OCH3 is 1. The van der Waals surface area contributed by atoms with Crippen molar-refractivity contribution in [2.75, 3.05) is 7.11 Å². The molecule has 3 unspecified atom stereocenters. The van der Waals surface area contributed by atoms with E-state index in [1.807, 2.05) is 7.11 Å². The zero-order valence-corrected chi connectivity index (χ0v) is 13.2. The molecule has 20 heavy (non-hydrogen) atoms. The maximum absolute atomic E-state index is 6.01. The predicted octanol–water partition coefficient (Wildman–Crippen LogP) is 3.40. The van der Waals surface area contributed by atoms with Gasteiger partial charge < -0.3 is 4.74 Å². The number of rotatable bonds is 4. The Kier molecular flexibility index (Phi) is 4.84. The lowest BCUT2D eigenvalue weighted by molar-refractivity contribution is -0.0807. The van der Waals surface area contributed by atoms with Crippen molar-refractivity contribution in [1.82, 2.24) is 5.43 Å². The molecule has 1 aromatic rings. The first-order valence-corrected chi connectivity index (χ1v) is 7.61. The summed E-state index contributed by atoms with van der Waals surface area (Å²) in [5.74, 6) is 6.62. The second kappa shape index (κ2) is 6.25. The lowest BCUT2D eigenvalue weighted by Gasteiger charge is -2.45. The highest BCUT2D eigenvalue weighted by atomic mass is 16.5. The standard InChI is InChI=1S/C17H28N2O/c1-12-7-6-10-17(11-12,20-4)16(19-18)15-9-5-8-13(2)14(15)3/h5,8-9,12,16,19H,6-7,10-11,18H2,1-4H3. The molecule has 0 heterocycles. The van der Waals surface area contributed by atoms with Gasteiger partial charge in [-0.1, -0.05) is 38.0 Å². The zero-order valence-electron chi connectivity index (χ0n) is 13.2. The van der Waals surface area contributed by atoms with E-state index in [1.54, 1.807) is 0 Å². The van der Waals surface area contributed by atoms with Crippen LogP contribution in [0.15, 0.2) is 18.2 Å². The molecular weight excluding hydrogens is 248 g/mol. The Bertz CT molecular complexity index is 460. The van der Waals surface area contributed by atoms with Gasteiger partial charge in [0.15, 0.2) is 0 Å². The number of aryl methyl sites for hydroxylation is 1. The molecule has 0 aliphatic heterocycles. The van der Waals surface area contributed by atoms with Gasteiger partial charge in [0.25, 0.3) is 0 Å². The molecule has 1 aromatic carbocycles. The number of hydrogen-bond donors (Lipinski definition) is 2. The van der Waals surface area contributed by atoms with E-state index >= 15 is 0 Å². The number of nitrogens with two attached hydrogens (primary N) is 1. The van der Waals surface area contributed by atoms with Gasteiger partial charge in [0.05, 0.1) is 11.6 Å². The van der Waals surface area contributed by atoms with E-state index in [4.69, 9.17) is 10.6 Å². The summed E-state index contributed by atoms with van der Waals surface area (Å²) in [7, 11) is 1.83. The Morgan fingerprint density at radius 3 is 2.75 bits per heavy atom. The van der Waals surface area contributed by atoms with E-state index in [-0.39, 0.29) is 11.6 Å². The summed E-state index contributed by atoms with van der Waals surface area (Å²) in [5, 5.41) is 0. The van der Waals surface area contributed by atoms with E-state index in [9.17, 15) is 0 Å². The summed E-state index contributed by atoms with van der Waals surface area (Å²) in [5.41, 5.74) is 6.73. The van der Waals surface area contributed by atoms with Crippen LogP contribution < -0.4 is 11.3 Å². The van der Waals surface area contributed by atoms with E-state index in [2.05, 4.69) is 44.4 Å². The van der Waals surface area contributed by atoms with Crippen molar-refractivity contribution < 1.29 is 4.74 Å². The molecule has 3 nitrogen and oxygen atoms in total. The molecule has 0 amide bonds. The van der Waals surface area contributed by atoms with E-state index in [0.717, 1.165) is 12.8 Å². The van der Waals surface area contributed by atoms with Crippen molar-refractivity contribution in [3.05, 3.63) is 34.9 Å². The molecule has 0 spiro atoms. The minimum absolute atomic E-state index is 0.0511. The molecule has 0 radical (unpaired) electrons. The minimum atomic E-state index is -0.190. The summed E-state index contributed by atoms with van der Waals surface area (Å²) in [4.78, 5) is 0. The van der Waals surface area contributed by atoms with Gasteiger partial charge in [-0.05, 0) is 49.3 Å². The smallest absolute Gasteiger partial charge is 0.0888 e. The zero-order chi connectivity index (χ0) is 14.8. The summed E-state index contributed by atoms with van der Waals surface area (Å²) in [6, 6.07) is 6.48. The van der Waals surface area contributed by atoms with E-state index in [0.29, 0.717) is 5.92 Å². The van der Waals surface area contributed by atoms with Gasteiger partial charge >= 0.3 is 0 Å². The second-order valence-electron chi connectivity index (χ2n) is 6.36. The molecular formula is C17H28N2O. The monoisotopic (exact) mass is 276 g/mol. The van der Waals surface area contributed by atoms with Gasteiger partial charge in [-0.15, -0.1) is 0 Å². The third-order valence-corrected chi connectivity index (χ3v) is 5.05. The van der Waals surface area contributed by atoms with Crippen LogP contribution in [0, 0.1) is 19.8 Å². The molecule has 0 bridgehead atoms. The first kappa shape index (κ1) is 15.5. The fourth-order valence-electron chi connectivity index (χ4n) is 3.72. The highest BCUT2D eigenvalue weighted by Gasteiger charge is 2.43. The van der Waals surface area contributed by atoms with Gasteiger partial charge in [-0.25, -0.2) is 0 Å². The second-order valence-corrected chi connectivity index (χ2v) is 6.36. The fourth-order valence-corrected chi connectivity index (χ4v) is 3.72. The minimum Gasteiger partial charge on any atom is -0.376 e. The van der Waals surface area contributed by atoms with Crippen molar-refractivity contribution >= 4 is 0 Å². The quantitative estimate of drug-likeness (QED) is 0.654. The first-order valence-electron chi connectivity index (χ1n) is 7.61. The van der Waals surface area contributed by atoms with Gasteiger partial charge in [0.2, 0.25) is 0 Å². The Morgan fingerprint density at radius 1 is 1.40 bits per heavy atom. The van der Waals surface area contributed by atoms with Crippen LogP contribution in [0.5, 0.6) is 0 Å². The molecule has 3 N–H and O–H groups in total. The van der Waals surface area contributed by atoms with Crippen LogP contribution in [0.2, 0.25) is 0 Å². The average Bonchev–Trinajstić information content (AvgIpc) is 2.44. The fraction of sp³-hybridized carbons (Fsp3) is 0.647. The van der Waals surface area contributed by atoms with Crippen molar-refractivity contribution in [2.45, 2.75) is 58.1 Å². The molecule has 0 saturated heterocycles. The highest BCUT2D eigenvalue weighted by Crippen LogP contribution is 2.43. The summed E-state index contributed by atoms with van der Waals surface area (Å²) >= 11 is 0. The van der Waals surface area contributed by atoms with Crippen molar-refractivity contribution in [1.29, 1.82) is 0 Å². The Morgan fingerprint density at radius 2 is 2.15 bits per heavy atom. The molecule has 1 aliphatic rings. The number of nitrogens with one attached hydrogen (secondary N) is 1. The number of ether oxygens (including phenoxy) is 1. The molecule has 3 atom stereocenters. The summed E-state index contributed by atoms with van der Waals surface area (Å²) < 4.78 is 6.01. The number of hydrogen-bond acceptors (Lipinski definition) is 3. The third-order valence-electron chi connectivity index (χ3n) is 5.05. The SMILES string of the molecule is COC1(C(NN)c2cccc(C)c2C)CCCC(C)C1. The van der Waals surface area contributed by atoms with E-state index in [1.165, 1.54) is 29.5 Å². The van der Waals surface area contributed by atoms with Gasteiger partial charge in [-0.3, -0.25) is 11.3 Å². The van der Waals surface area contributed by atoms with Gasteiger partial charge in [-0.2, -0.15) is 0 Å². The normalized spacial score (nSPS) is 28.4. The molecule has 112 valence electrons. The first-order chi connectivity index (χ1) is 9.54. The average molecular weight is 276 g/mol. The molecule has 0 aromatic heterocycles. The summed E-state index contributed by atoms with van der Waals surface area (Å²) in [6.07, 6.45) is 4.62. The molecule has 1 fully saturated rings. The lowest BCUT2D eigenvalue weighted by atomic mass is 9.72. The van der Waals surface area contributed by atoms with Gasteiger partial charge in [0, 0.05) is 7.11 Å². The van der Waals surface area contributed by atoms with Gasteiger partial charge in [0.1, 0.15) is 0 Å². The van der Waals surface area contributed by atoms with Crippen LogP contribution in [-0.4, -0.2) is 12.7 Å². The molecule has 1 aliphatic carbocycles.